The Balaban J connectivity index is 1.55. The van der Waals surface area contributed by atoms with Crippen molar-refractivity contribution in [2.75, 3.05) is 6.54 Å². The number of hydrogen-bond acceptors (Lipinski definition) is 3. The summed E-state index contributed by atoms with van der Waals surface area (Å²) in [4.78, 5) is 16.6. The van der Waals surface area contributed by atoms with Gasteiger partial charge in [0.15, 0.2) is 5.65 Å². The zero-order chi connectivity index (χ0) is 15.5. The highest BCUT2D eigenvalue weighted by Crippen LogP contribution is 2.30. The lowest BCUT2D eigenvalue weighted by molar-refractivity contribution is 0.0945. The Kier molecular flexibility index (Phi) is 4.41. The van der Waals surface area contributed by atoms with Gasteiger partial charge in [0, 0.05) is 6.54 Å². The minimum Gasteiger partial charge on any atom is -0.351 e. The van der Waals surface area contributed by atoms with Crippen molar-refractivity contribution in [3.63, 3.8) is 0 Å². The third-order valence-electron chi connectivity index (χ3n) is 4.56. The van der Waals surface area contributed by atoms with E-state index in [0.717, 1.165) is 35.8 Å². The molecule has 1 aliphatic rings. The predicted molar refractivity (Wildman–Crippen MR) is 86.0 cm³/mol. The van der Waals surface area contributed by atoms with E-state index in [4.69, 9.17) is 0 Å². The zero-order valence-electron chi connectivity index (χ0n) is 13.4. The third kappa shape index (κ3) is 3.13. The number of nitrogens with one attached hydrogen (secondary N) is 1. The van der Waals surface area contributed by atoms with Gasteiger partial charge in [-0.25, -0.2) is 9.50 Å². The van der Waals surface area contributed by atoms with Gasteiger partial charge < -0.3 is 5.32 Å². The maximum absolute atomic E-state index is 12.3. The van der Waals surface area contributed by atoms with Crippen LogP contribution in [0.1, 0.15) is 60.3 Å². The lowest BCUT2D eigenvalue weighted by Crippen LogP contribution is -2.26. The molecular weight excluding hydrogens is 276 g/mol. The summed E-state index contributed by atoms with van der Waals surface area (Å²) in [5.41, 5.74) is 3.19. The van der Waals surface area contributed by atoms with E-state index in [1.807, 2.05) is 19.9 Å². The van der Waals surface area contributed by atoms with E-state index in [2.05, 4.69) is 15.4 Å². The second-order valence-electron chi connectivity index (χ2n) is 6.40. The number of imidazole rings is 1. The molecule has 0 aliphatic heterocycles. The molecule has 1 amide bonds. The van der Waals surface area contributed by atoms with Crippen LogP contribution in [0.3, 0.4) is 0 Å². The van der Waals surface area contributed by atoms with Crippen LogP contribution < -0.4 is 5.32 Å². The summed E-state index contributed by atoms with van der Waals surface area (Å²) in [5.74, 6) is 0.860. The second kappa shape index (κ2) is 6.46. The Morgan fingerprint density at radius 2 is 2.18 bits per heavy atom. The van der Waals surface area contributed by atoms with Crippen LogP contribution in [-0.2, 0) is 0 Å². The Morgan fingerprint density at radius 1 is 1.36 bits per heavy atom. The number of fused-ring (bicyclic) bond motifs is 1. The highest BCUT2D eigenvalue weighted by molar-refractivity contribution is 5.93. The second-order valence-corrected chi connectivity index (χ2v) is 6.40. The monoisotopic (exact) mass is 300 g/mol. The first-order valence-corrected chi connectivity index (χ1v) is 8.25. The van der Waals surface area contributed by atoms with Crippen LogP contribution >= 0.6 is 0 Å². The highest BCUT2D eigenvalue weighted by atomic mass is 16.2. The molecule has 2 aromatic rings. The lowest BCUT2D eigenvalue weighted by atomic mass is 9.82. The van der Waals surface area contributed by atoms with Crippen molar-refractivity contribution in [1.29, 1.82) is 0 Å². The van der Waals surface area contributed by atoms with Gasteiger partial charge in [0.05, 0.1) is 11.9 Å². The van der Waals surface area contributed by atoms with Crippen molar-refractivity contribution in [2.24, 2.45) is 5.92 Å². The fourth-order valence-corrected chi connectivity index (χ4v) is 3.07. The number of amides is 1. The molecule has 1 saturated carbocycles. The van der Waals surface area contributed by atoms with Crippen LogP contribution in [-0.4, -0.2) is 27.0 Å². The normalized spacial score (nSPS) is 15.0. The summed E-state index contributed by atoms with van der Waals surface area (Å²) in [6.07, 6.45) is 9.38. The van der Waals surface area contributed by atoms with Crippen molar-refractivity contribution in [3.05, 3.63) is 29.2 Å². The van der Waals surface area contributed by atoms with E-state index in [9.17, 15) is 4.79 Å². The van der Waals surface area contributed by atoms with Crippen molar-refractivity contribution in [3.8, 4) is 0 Å². The quantitative estimate of drug-likeness (QED) is 0.834. The molecule has 0 unspecified atom stereocenters. The molecule has 1 fully saturated rings. The molecule has 2 aromatic heterocycles. The number of hydrogen-bond donors (Lipinski definition) is 1. The zero-order valence-corrected chi connectivity index (χ0v) is 13.4. The molecule has 0 radical (unpaired) electrons. The fraction of sp³-hybridized carbons (Fsp3) is 0.588. The summed E-state index contributed by atoms with van der Waals surface area (Å²) in [6, 6.07) is 1.98. The van der Waals surface area contributed by atoms with Crippen LogP contribution in [0.15, 0.2) is 12.3 Å². The minimum atomic E-state index is -0.0892. The molecule has 118 valence electrons. The maximum Gasteiger partial charge on any atom is 0.271 e. The summed E-state index contributed by atoms with van der Waals surface area (Å²) in [7, 11) is 0. The number of aromatic nitrogens is 3. The molecule has 3 rings (SSSR count). The third-order valence-corrected chi connectivity index (χ3v) is 4.56. The minimum absolute atomic E-state index is 0.0892. The van der Waals surface area contributed by atoms with Gasteiger partial charge in [0.25, 0.3) is 5.91 Å². The van der Waals surface area contributed by atoms with E-state index in [0.29, 0.717) is 5.69 Å². The van der Waals surface area contributed by atoms with Gasteiger partial charge in [-0.2, -0.15) is 5.10 Å². The van der Waals surface area contributed by atoms with Crippen LogP contribution in [0.25, 0.3) is 5.65 Å². The first kappa shape index (κ1) is 15.0. The average molecular weight is 300 g/mol. The summed E-state index contributed by atoms with van der Waals surface area (Å²) in [6.45, 7) is 4.64. The van der Waals surface area contributed by atoms with Crippen molar-refractivity contribution < 1.29 is 4.79 Å². The fourth-order valence-electron chi connectivity index (χ4n) is 3.07. The number of nitrogens with zero attached hydrogens (tertiary/aromatic N) is 3. The van der Waals surface area contributed by atoms with Gasteiger partial charge in [0.1, 0.15) is 5.69 Å². The largest absolute Gasteiger partial charge is 0.351 e. The number of carbonyl (C=O) groups is 1. The molecule has 5 nitrogen and oxygen atoms in total. The van der Waals surface area contributed by atoms with E-state index in [1.165, 1.54) is 32.1 Å². The van der Waals surface area contributed by atoms with Gasteiger partial charge in [0.2, 0.25) is 0 Å². The molecule has 0 atom stereocenters. The Morgan fingerprint density at radius 3 is 2.91 bits per heavy atom. The van der Waals surface area contributed by atoms with Crippen molar-refractivity contribution >= 4 is 11.6 Å². The summed E-state index contributed by atoms with van der Waals surface area (Å²) in [5, 5.41) is 7.38. The van der Waals surface area contributed by atoms with Crippen molar-refractivity contribution in [2.45, 2.75) is 52.4 Å². The molecule has 1 N–H and O–H groups in total. The molecule has 0 bridgehead atoms. The van der Waals surface area contributed by atoms with Gasteiger partial charge in [-0.05, 0) is 37.8 Å². The Hall–Kier alpha value is -1.91. The van der Waals surface area contributed by atoms with E-state index in [-0.39, 0.29) is 5.91 Å². The Labute approximate surface area is 131 Å². The summed E-state index contributed by atoms with van der Waals surface area (Å²) >= 11 is 0. The molecule has 5 heteroatoms. The lowest BCUT2D eigenvalue weighted by Gasteiger charge is -2.24. The molecule has 1 aliphatic carbocycles. The van der Waals surface area contributed by atoms with Gasteiger partial charge in [-0.3, -0.25) is 4.79 Å². The van der Waals surface area contributed by atoms with Crippen LogP contribution in [0.5, 0.6) is 0 Å². The molecule has 0 saturated heterocycles. The highest BCUT2D eigenvalue weighted by Gasteiger charge is 2.17. The average Bonchev–Trinajstić information content (AvgIpc) is 2.84. The van der Waals surface area contributed by atoms with E-state index in [1.54, 1.807) is 10.7 Å². The molecule has 2 heterocycles. The van der Waals surface area contributed by atoms with Gasteiger partial charge >= 0.3 is 0 Å². The van der Waals surface area contributed by atoms with Gasteiger partial charge in [-0.15, -0.1) is 0 Å². The molecule has 22 heavy (non-hydrogen) atoms. The first-order valence-electron chi connectivity index (χ1n) is 8.25. The smallest absolute Gasteiger partial charge is 0.271 e. The van der Waals surface area contributed by atoms with Crippen LogP contribution in [0, 0.1) is 19.8 Å². The number of carbonyl (C=O) groups excluding carboxylic acids is 1. The maximum atomic E-state index is 12.3. The van der Waals surface area contributed by atoms with Gasteiger partial charge in [-0.1, -0.05) is 32.1 Å². The number of aryl methyl sites for hydroxylation is 2. The number of rotatable bonds is 6. The predicted octanol–water partition coefficient (Wildman–Crippen LogP) is 3.05. The number of unbranched alkanes of at least 4 members (excludes halogenated alkanes) is 1. The SMILES string of the molecule is Cc1cc(C)c2ncc(C(=O)NCCCCC3CCC3)n2n1. The topological polar surface area (TPSA) is 59.3 Å². The van der Waals surface area contributed by atoms with Crippen LogP contribution in [0.2, 0.25) is 0 Å². The molecule has 0 spiro atoms. The first-order chi connectivity index (χ1) is 10.6. The standard InChI is InChI=1S/C17H24N4O/c1-12-10-13(2)20-21-15(11-19-16(12)21)17(22)18-9-4-3-6-14-7-5-8-14/h10-11,14H,3-9H2,1-2H3,(H,18,22). The summed E-state index contributed by atoms with van der Waals surface area (Å²) < 4.78 is 1.65. The van der Waals surface area contributed by atoms with Crippen molar-refractivity contribution in [1.82, 2.24) is 19.9 Å². The molecular formula is C17H24N4O. The molecule has 0 aromatic carbocycles. The van der Waals surface area contributed by atoms with E-state index >= 15 is 0 Å². The Bertz CT molecular complexity index is 673. The van der Waals surface area contributed by atoms with Crippen LogP contribution in [0.4, 0.5) is 0 Å². The van der Waals surface area contributed by atoms with E-state index < -0.39 is 0 Å².